The molecule has 0 aliphatic carbocycles. The molecule has 0 aromatic heterocycles. The fourth-order valence-electron chi connectivity index (χ4n) is 2.88. The van der Waals surface area contributed by atoms with Gasteiger partial charge >= 0.3 is 5.97 Å². The van der Waals surface area contributed by atoms with E-state index in [-0.39, 0.29) is 4.90 Å². The van der Waals surface area contributed by atoms with E-state index in [9.17, 15) is 18.0 Å². The number of aryl methyl sites for hydroxylation is 1. The number of nitrogens with zero attached hydrogens (tertiary/aromatic N) is 2. The zero-order valence-electron chi connectivity index (χ0n) is 18.1. The van der Waals surface area contributed by atoms with Gasteiger partial charge in [-0.15, -0.1) is 0 Å². The van der Waals surface area contributed by atoms with E-state index >= 15 is 0 Å². The smallest absolute Gasteiger partial charge is 0.308 e. The highest BCUT2D eigenvalue weighted by Crippen LogP contribution is 2.23. The van der Waals surface area contributed by atoms with Gasteiger partial charge in [0.25, 0.3) is 15.9 Å². The van der Waals surface area contributed by atoms with Gasteiger partial charge in [0.2, 0.25) is 0 Å². The van der Waals surface area contributed by atoms with Crippen LogP contribution in [0, 0.1) is 6.92 Å². The van der Waals surface area contributed by atoms with Crippen LogP contribution in [0.5, 0.6) is 5.75 Å². The monoisotopic (exact) mass is 465 g/mol. The zero-order valence-corrected chi connectivity index (χ0v) is 19.0. The summed E-state index contributed by atoms with van der Waals surface area (Å²) in [4.78, 5) is 23.6. The van der Waals surface area contributed by atoms with Crippen LogP contribution in [0.15, 0.2) is 88.9 Å². The van der Waals surface area contributed by atoms with Crippen LogP contribution in [-0.4, -0.2) is 33.1 Å². The molecule has 0 heterocycles. The molecule has 33 heavy (non-hydrogen) atoms. The van der Waals surface area contributed by atoms with Gasteiger partial charge in [0.1, 0.15) is 12.3 Å². The molecule has 0 saturated heterocycles. The first-order valence-electron chi connectivity index (χ1n) is 10.0. The van der Waals surface area contributed by atoms with Crippen molar-refractivity contribution in [2.45, 2.75) is 18.7 Å². The van der Waals surface area contributed by atoms with E-state index in [1.807, 2.05) is 6.92 Å². The molecule has 0 saturated carbocycles. The Morgan fingerprint density at radius 1 is 0.970 bits per heavy atom. The summed E-state index contributed by atoms with van der Waals surface area (Å²) in [6, 6.07) is 21.3. The van der Waals surface area contributed by atoms with E-state index in [2.05, 4.69) is 10.5 Å². The number of anilines is 1. The molecule has 0 radical (unpaired) electrons. The van der Waals surface area contributed by atoms with Crippen LogP contribution in [0.1, 0.15) is 18.1 Å². The second-order valence-electron chi connectivity index (χ2n) is 7.12. The quantitative estimate of drug-likeness (QED) is 0.238. The third-order valence-corrected chi connectivity index (χ3v) is 6.27. The van der Waals surface area contributed by atoms with E-state index in [0.29, 0.717) is 17.0 Å². The van der Waals surface area contributed by atoms with Gasteiger partial charge in [-0.2, -0.15) is 5.10 Å². The third kappa shape index (κ3) is 6.50. The van der Waals surface area contributed by atoms with Crippen LogP contribution in [0.3, 0.4) is 0 Å². The largest absolute Gasteiger partial charge is 0.427 e. The van der Waals surface area contributed by atoms with Crippen molar-refractivity contribution in [2.24, 2.45) is 5.10 Å². The molecule has 8 nitrogen and oxygen atoms in total. The van der Waals surface area contributed by atoms with Gasteiger partial charge in [0, 0.05) is 6.92 Å². The lowest BCUT2D eigenvalue weighted by Crippen LogP contribution is -2.39. The Labute approximate surface area is 192 Å². The Morgan fingerprint density at radius 3 is 2.21 bits per heavy atom. The molecule has 0 unspecified atom stereocenters. The van der Waals surface area contributed by atoms with Gasteiger partial charge in [-0.1, -0.05) is 35.9 Å². The first-order chi connectivity index (χ1) is 15.8. The van der Waals surface area contributed by atoms with E-state index < -0.39 is 28.4 Å². The lowest BCUT2D eigenvalue weighted by molar-refractivity contribution is -0.131. The Hall–Kier alpha value is -3.98. The average molecular weight is 466 g/mol. The molecule has 3 rings (SSSR count). The molecular weight excluding hydrogens is 442 g/mol. The average Bonchev–Trinajstić information content (AvgIpc) is 2.79. The van der Waals surface area contributed by atoms with Crippen LogP contribution in [0.4, 0.5) is 5.69 Å². The number of rotatable bonds is 8. The summed E-state index contributed by atoms with van der Waals surface area (Å²) in [5.41, 5.74) is 4.28. The summed E-state index contributed by atoms with van der Waals surface area (Å²) in [5, 5.41) is 3.89. The number of para-hydroxylation sites is 1. The van der Waals surface area contributed by atoms with Crippen molar-refractivity contribution in [3.63, 3.8) is 0 Å². The molecular formula is C24H23N3O5S. The highest BCUT2D eigenvalue weighted by Gasteiger charge is 2.27. The highest BCUT2D eigenvalue weighted by atomic mass is 32.2. The molecule has 3 aromatic carbocycles. The standard InChI is InChI=1S/C24H23N3O5S/c1-18-8-14-23(15-9-18)33(30,31)27(21-6-4-3-5-7-21)17-24(29)26-25-16-20-10-12-22(13-11-20)32-19(2)28/h3-16H,17H2,1-2H3,(H,26,29)/b25-16-. The number of hydrazone groups is 1. The van der Waals surface area contributed by atoms with Crippen molar-refractivity contribution in [2.75, 3.05) is 10.8 Å². The topological polar surface area (TPSA) is 105 Å². The van der Waals surface area contributed by atoms with Crippen LogP contribution < -0.4 is 14.5 Å². The minimum Gasteiger partial charge on any atom is -0.427 e. The van der Waals surface area contributed by atoms with Gasteiger partial charge in [-0.25, -0.2) is 13.8 Å². The fraction of sp³-hybridized carbons (Fsp3) is 0.125. The summed E-state index contributed by atoms with van der Waals surface area (Å²) < 4.78 is 32.5. The molecule has 0 fully saturated rings. The van der Waals surface area contributed by atoms with Gasteiger partial charge in [-0.3, -0.25) is 13.9 Å². The summed E-state index contributed by atoms with van der Waals surface area (Å²) in [5.74, 6) is -0.641. The van der Waals surface area contributed by atoms with Crippen LogP contribution in [-0.2, 0) is 19.6 Å². The minimum atomic E-state index is -3.98. The van der Waals surface area contributed by atoms with Crippen molar-refractivity contribution in [3.05, 3.63) is 90.0 Å². The number of hydrogen-bond acceptors (Lipinski definition) is 6. The van der Waals surface area contributed by atoms with Crippen molar-refractivity contribution in [3.8, 4) is 5.75 Å². The van der Waals surface area contributed by atoms with Crippen LogP contribution >= 0.6 is 0 Å². The minimum absolute atomic E-state index is 0.0844. The van der Waals surface area contributed by atoms with Gasteiger partial charge in [0.05, 0.1) is 16.8 Å². The maximum atomic E-state index is 13.3. The molecule has 1 N–H and O–H groups in total. The number of carbonyl (C=O) groups is 2. The first kappa shape index (κ1) is 23.7. The summed E-state index contributed by atoms with van der Waals surface area (Å²) in [6.07, 6.45) is 1.40. The second kappa shape index (κ2) is 10.6. The molecule has 1 amide bonds. The Balaban J connectivity index is 1.73. The molecule has 0 spiro atoms. The first-order valence-corrected chi connectivity index (χ1v) is 11.4. The molecule has 0 bridgehead atoms. The number of sulfonamides is 1. The normalized spacial score (nSPS) is 11.2. The lowest BCUT2D eigenvalue weighted by atomic mass is 10.2. The van der Waals surface area contributed by atoms with Crippen LogP contribution in [0.2, 0.25) is 0 Å². The summed E-state index contributed by atoms with van der Waals surface area (Å²) in [7, 11) is -3.98. The molecule has 0 aliphatic heterocycles. The molecule has 9 heteroatoms. The predicted octanol–water partition coefficient (Wildman–Crippen LogP) is 3.27. The van der Waals surface area contributed by atoms with Gasteiger partial charge in [-0.05, 0) is 61.0 Å². The number of carbonyl (C=O) groups excluding carboxylic acids is 2. The summed E-state index contributed by atoms with van der Waals surface area (Å²) in [6.45, 7) is 2.71. The van der Waals surface area contributed by atoms with E-state index in [0.717, 1.165) is 9.87 Å². The van der Waals surface area contributed by atoms with Gasteiger partial charge < -0.3 is 4.74 Å². The Bertz CT molecular complexity index is 1240. The molecule has 3 aromatic rings. The van der Waals surface area contributed by atoms with E-state index in [1.165, 1.54) is 25.3 Å². The van der Waals surface area contributed by atoms with Crippen LogP contribution in [0.25, 0.3) is 0 Å². The van der Waals surface area contributed by atoms with Crippen molar-refractivity contribution in [1.82, 2.24) is 5.43 Å². The molecule has 0 atom stereocenters. The molecule has 0 aliphatic rings. The zero-order chi connectivity index (χ0) is 23.8. The maximum Gasteiger partial charge on any atom is 0.308 e. The predicted molar refractivity (Wildman–Crippen MR) is 126 cm³/mol. The molecule has 170 valence electrons. The number of nitrogens with one attached hydrogen (secondary N) is 1. The van der Waals surface area contributed by atoms with Crippen molar-refractivity contribution >= 4 is 33.8 Å². The number of amides is 1. The highest BCUT2D eigenvalue weighted by molar-refractivity contribution is 7.92. The van der Waals surface area contributed by atoms with Gasteiger partial charge in [0.15, 0.2) is 0 Å². The maximum absolute atomic E-state index is 13.3. The Morgan fingerprint density at radius 2 is 1.61 bits per heavy atom. The van der Waals surface area contributed by atoms with E-state index in [1.54, 1.807) is 66.7 Å². The van der Waals surface area contributed by atoms with Crippen molar-refractivity contribution < 1.29 is 22.7 Å². The van der Waals surface area contributed by atoms with Crippen molar-refractivity contribution in [1.29, 1.82) is 0 Å². The SMILES string of the molecule is CC(=O)Oc1ccc(/C=N\NC(=O)CN(c2ccccc2)S(=O)(=O)c2ccc(C)cc2)cc1. The third-order valence-electron chi connectivity index (χ3n) is 4.48. The van der Waals surface area contributed by atoms with E-state index in [4.69, 9.17) is 4.74 Å². The number of ether oxygens (including phenoxy) is 1. The number of benzene rings is 3. The number of hydrogen-bond donors (Lipinski definition) is 1. The number of esters is 1. The lowest BCUT2D eigenvalue weighted by Gasteiger charge is -2.23. The Kier molecular flexibility index (Phi) is 7.57. The second-order valence-corrected chi connectivity index (χ2v) is 8.98. The summed E-state index contributed by atoms with van der Waals surface area (Å²) >= 11 is 0. The fourth-order valence-corrected chi connectivity index (χ4v) is 4.30.